The van der Waals surface area contributed by atoms with Gasteiger partial charge in [0.1, 0.15) is 12.4 Å². The van der Waals surface area contributed by atoms with Crippen molar-refractivity contribution in [2.75, 3.05) is 18.5 Å². The van der Waals surface area contributed by atoms with Gasteiger partial charge in [-0.2, -0.15) is 0 Å². The zero-order valence-electron chi connectivity index (χ0n) is 10.5. The van der Waals surface area contributed by atoms with Crippen molar-refractivity contribution in [2.24, 2.45) is 0 Å². The lowest BCUT2D eigenvalue weighted by Gasteiger charge is -2.08. The number of rotatable bonds is 5. The van der Waals surface area contributed by atoms with Crippen molar-refractivity contribution in [3.8, 4) is 0 Å². The second kappa shape index (κ2) is 7.15. The summed E-state index contributed by atoms with van der Waals surface area (Å²) in [6, 6.07) is 4.90. The maximum absolute atomic E-state index is 12.6. The van der Waals surface area contributed by atoms with Crippen LogP contribution in [0.1, 0.15) is 6.92 Å². The van der Waals surface area contributed by atoms with Crippen molar-refractivity contribution in [3.05, 3.63) is 42.2 Å². The highest BCUT2D eigenvalue weighted by Crippen LogP contribution is 2.07. The third-order valence-corrected chi connectivity index (χ3v) is 2.07. The van der Waals surface area contributed by atoms with Crippen molar-refractivity contribution in [1.82, 2.24) is 5.32 Å². The van der Waals surface area contributed by atoms with Crippen LogP contribution < -0.4 is 10.6 Å². The van der Waals surface area contributed by atoms with Crippen LogP contribution >= 0.6 is 0 Å². The van der Waals surface area contributed by atoms with Gasteiger partial charge in [0.05, 0.1) is 6.54 Å². The average Bonchev–Trinajstić information content (AvgIpc) is 2.37. The number of carbonyl (C=O) groups excluding carboxylic acids is 2. The molecule has 0 atom stereocenters. The van der Waals surface area contributed by atoms with E-state index >= 15 is 0 Å². The van der Waals surface area contributed by atoms with E-state index < -0.39 is 12.0 Å². The highest BCUT2D eigenvalue weighted by molar-refractivity contribution is 5.89. The lowest BCUT2D eigenvalue weighted by molar-refractivity contribution is -0.138. The number of anilines is 1. The Morgan fingerprint density at radius 2 is 1.95 bits per heavy atom. The van der Waals surface area contributed by atoms with Crippen LogP contribution in [0.5, 0.6) is 0 Å². The van der Waals surface area contributed by atoms with Crippen molar-refractivity contribution in [2.45, 2.75) is 6.92 Å². The van der Waals surface area contributed by atoms with E-state index in [0.717, 1.165) is 0 Å². The van der Waals surface area contributed by atoms with Crippen LogP contribution in [0, 0.1) is 5.82 Å². The molecule has 0 aliphatic carbocycles. The molecule has 5 nitrogen and oxygen atoms in total. The number of amides is 2. The highest BCUT2D eigenvalue weighted by atomic mass is 19.1. The number of nitrogens with one attached hydrogen (secondary N) is 2. The number of ether oxygens (including phenoxy) is 1. The van der Waals surface area contributed by atoms with Crippen LogP contribution in [0.25, 0.3) is 0 Å². The summed E-state index contributed by atoms with van der Waals surface area (Å²) < 4.78 is 17.4. The normalized spacial score (nSPS) is 9.58. The van der Waals surface area contributed by atoms with Gasteiger partial charge in [0, 0.05) is 11.3 Å². The molecular weight excluding hydrogens is 251 g/mol. The van der Waals surface area contributed by atoms with Gasteiger partial charge in [0.25, 0.3) is 0 Å². The third-order valence-electron chi connectivity index (χ3n) is 2.07. The summed E-state index contributed by atoms with van der Waals surface area (Å²) in [4.78, 5) is 22.4. The van der Waals surface area contributed by atoms with Crippen LogP contribution in [0.4, 0.5) is 14.9 Å². The van der Waals surface area contributed by atoms with Crippen LogP contribution in [-0.2, 0) is 9.53 Å². The minimum absolute atomic E-state index is 0.0581. The van der Waals surface area contributed by atoms with Gasteiger partial charge in [-0.1, -0.05) is 6.58 Å². The molecule has 1 aromatic carbocycles. The smallest absolute Gasteiger partial charge is 0.333 e. The molecule has 0 saturated heterocycles. The summed E-state index contributed by atoms with van der Waals surface area (Å²) in [5.74, 6) is -0.876. The fourth-order valence-electron chi connectivity index (χ4n) is 1.14. The summed E-state index contributed by atoms with van der Waals surface area (Å²) >= 11 is 0. The zero-order valence-corrected chi connectivity index (χ0v) is 10.5. The minimum Gasteiger partial charge on any atom is -0.460 e. The van der Waals surface area contributed by atoms with E-state index in [2.05, 4.69) is 17.2 Å². The second-order valence-corrected chi connectivity index (χ2v) is 3.80. The maximum Gasteiger partial charge on any atom is 0.333 e. The van der Waals surface area contributed by atoms with Crippen molar-refractivity contribution in [3.63, 3.8) is 0 Å². The molecule has 0 radical (unpaired) electrons. The van der Waals surface area contributed by atoms with Gasteiger partial charge in [-0.15, -0.1) is 0 Å². The molecule has 1 aromatic rings. The first-order chi connectivity index (χ1) is 8.99. The van der Waals surface area contributed by atoms with Gasteiger partial charge in [0.2, 0.25) is 0 Å². The molecule has 2 N–H and O–H groups in total. The second-order valence-electron chi connectivity index (χ2n) is 3.80. The Labute approximate surface area is 110 Å². The van der Waals surface area contributed by atoms with Crippen LogP contribution in [-0.4, -0.2) is 25.2 Å². The van der Waals surface area contributed by atoms with Gasteiger partial charge < -0.3 is 15.4 Å². The number of hydrogen-bond acceptors (Lipinski definition) is 3. The van der Waals surface area contributed by atoms with E-state index in [1.807, 2.05) is 0 Å². The van der Waals surface area contributed by atoms with E-state index in [4.69, 9.17) is 4.74 Å². The van der Waals surface area contributed by atoms with Gasteiger partial charge >= 0.3 is 12.0 Å². The quantitative estimate of drug-likeness (QED) is 0.487. The molecule has 6 heteroatoms. The topological polar surface area (TPSA) is 67.4 Å². The van der Waals surface area contributed by atoms with Gasteiger partial charge in [-0.25, -0.2) is 14.0 Å². The molecule has 0 bridgehead atoms. The van der Waals surface area contributed by atoms with Crippen molar-refractivity contribution >= 4 is 17.7 Å². The Balaban J connectivity index is 2.23. The Kier molecular flexibility index (Phi) is 5.53. The summed E-state index contributed by atoms with van der Waals surface area (Å²) in [6.45, 7) is 5.20. The number of hydrogen-bond donors (Lipinski definition) is 2. The van der Waals surface area contributed by atoms with E-state index in [9.17, 15) is 14.0 Å². The number of benzene rings is 1. The summed E-state index contributed by atoms with van der Waals surface area (Å²) in [5.41, 5.74) is 0.772. The zero-order chi connectivity index (χ0) is 14.3. The number of esters is 1. The van der Waals surface area contributed by atoms with E-state index in [1.54, 1.807) is 0 Å². The summed E-state index contributed by atoms with van der Waals surface area (Å²) in [7, 11) is 0. The van der Waals surface area contributed by atoms with Crippen molar-refractivity contribution < 1.29 is 18.7 Å². The molecule has 0 unspecified atom stereocenters. The molecule has 1 rings (SSSR count). The molecule has 0 aromatic heterocycles. The predicted molar refractivity (Wildman–Crippen MR) is 69.2 cm³/mol. The van der Waals surface area contributed by atoms with Crippen LogP contribution in [0.15, 0.2) is 36.4 Å². The van der Waals surface area contributed by atoms with Crippen LogP contribution in [0.3, 0.4) is 0 Å². The monoisotopic (exact) mass is 266 g/mol. The molecule has 0 spiro atoms. The Bertz CT molecular complexity index is 471. The molecule has 0 aliphatic rings. The van der Waals surface area contributed by atoms with Crippen LogP contribution in [0.2, 0.25) is 0 Å². The number of carbonyl (C=O) groups is 2. The SMILES string of the molecule is C=C(C)C(=O)OCCNC(=O)Nc1ccc(F)cc1. The fourth-order valence-corrected chi connectivity index (χ4v) is 1.14. The fraction of sp³-hybridized carbons (Fsp3) is 0.231. The Hall–Kier alpha value is -2.37. The largest absolute Gasteiger partial charge is 0.460 e. The molecular formula is C13H15FN2O3. The van der Waals surface area contributed by atoms with E-state index in [-0.39, 0.29) is 19.0 Å². The molecule has 0 saturated carbocycles. The molecule has 102 valence electrons. The third kappa shape index (κ3) is 5.67. The van der Waals surface area contributed by atoms with Gasteiger partial charge in [-0.3, -0.25) is 0 Å². The molecule has 19 heavy (non-hydrogen) atoms. The predicted octanol–water partition coefficient (Wildman–Crippen LogP) is 2.07. The maximum atomic E-state index is 12.6. The lowest BCUT2D eigenvalue weighted by Crippen LogP contribution is -2.32. The molecule has 0 heterocycles. The van der Waals surface area contributed by atoms with Gasteiger partial charge in [-0.05, 0) is 31.2 Å². The summed E-state index contributed by atoms with van der Waals surface area (Å²) in [6.07, 6.45) is 0. The first-order valence-corrected chi connectivity index (χ1v) is 5.62. The average molecular weight is 266 g/mol. The summed E-state index contributed by atoms with van der Waals surface area (Å²) in [5, 5.41) is 4.99. The Morgan fingerprint density at radius 3 is 2.53 bits per heavy atom. The first-order valence-electron chi connectivity index (χ1n) is 5.62. The minimum atomic E-state index is -0.499. The van der Waals surface area contributed by atoms with E-state index in [0.29, 0.717) is 11.3 Å². The first kappa shape index (κ1) is 14.7. The van der Waals surface area contributed by atoms with E-state index in [1.165, 1.54) is 31.2 Å². The highest BCUT2D eigenvalue weighted by Gasteiger charge is 2.04. The molecule has 0 aliphatic heterocycles. The lowest BCUT2D eigenvalue weighted by atomic mass is 10.3. The molecule has 2 amide bonds. The standard InChI is InChI=1S/C13H15FN2O3/c1-9(2)12(17)19-8-7-15-13(18)16-11-5-3-10(14)4-6-11/h3-6H,1,7-8H2,2H3,(H2,15,16,18). The van der Waals surface area contributed by atoms with Gasteiger partial charge in [0.15, 0.2) is 0 Å². The molecule has 0 fully saturated rings. The number of halogens is 1. The Morgan fingerprint density at radius 1 is 1.32 bits per heavy atom. The number of urea groups is 1. The van der Waals surface area contributed by atoms with Crippen molar-refractivity contribution in [1.29, 1.82) is 0 Å².